The van der Waals surface area contributed by atoms with Gasteiger partial charge >= 0.3 is 0 Å². The predicted molar refractivity (Wildman–Crippen MR) is 147 cm³/mol. The fourth-order valence-electron chi connectivity index (χ4n) is 6.16. The van der Waals surface area contributed by atoms with Crippen molar-refractivity contribution in [2.24, 2.45) is 5.92 Å². The lowest BCUT2D eigenvalue weighted by Crippen LogP contribution is -2.43. The van der Waals surface area contributed by atoms with E-state index >= 15 is 0 Å². The van der Waals surface area contributed by atoms with Gasteiger partial charge in [0.1, 0.15) is 0 Å². The maximum Gasteiger partial charge on any atom is 0.255 e. The zero-order chi connectivity index (χ0) is 26.6. The van der Waals surface area contributed by atoms with Gasteiger partial charge in [-0.25, -0.2) is 0 Å². The van der Waals surface area contributed by atoms with Gasteiger partial charge < -0.3 is 24.9 Å². The number of aryl methyl sites for hydroxylation is 1. The summed E-state index contributed by atoms with van der Waals surface area (Å²) in [7, 11) is -2.58. The van der Waals surface area contributed by atoms with E-state index in [4.69, 9.17) is 4.74 Å². The Balaban J connectivity index is 1.39. The molecule has 0 bridgehead atoms. The molecule has 2 fully saturated rings. The molecule has 3 N–H and O–H groups in total. The number of anilines is 1. The van der Waals surface area contributed by atoms with Crippen molar-refractivity contribution in [3.63, 3.8) is 0 Å². The molecule has 2 heterocycles. The van der Waals surface area contributed by atoms with E-state index in [1.54, 1.807) is 17.0 Å². The fraction of sp³-hybridized carbons (Fsp3) is 0.517. The van der Waals surface area contributed by atoms with Crippen molar-refractivity contribution in [3.05, 3.63) is 65.7 Å². The smallest absolute Gasteiger partial charge is 0.255 e. The number of hydrogen-bond acceptors (Lipinski definition) is 5. The maximum atomic E-state index is 13.1. The topological polar surface area (TPSA) is 99.1 Å². The molecule has 0 spiro atoms. The number of nitrogens with one attached hydrogen (secondary N) is 1. The normalized spacial score (nSPS) is 25.9. The first-order valence-electron chi connectivity index (χ1n) is 13.4. The average Bonchev–Trinajstić information content (AvgIpc) is 3.47. The van der Waals surface area contributed by atoms with Gasteiger partial charge in [-0.05, 0) is 74.5 Å². The Hall–Kier alpha value is -2.52. The molecule has 2 aromatic carbocycles. The fourth-order valence-corrected chi connectivity index (χ4v) is 8.76. The molecule has 0 aliphatic carbocycles. The number of hydrogen-bond donors (Lipinski definition) is 3. The number of benzene rings is 2. The van der Waals surface area contributed by atoms with E-state index in [1.165, 1.54) is 0 Å². The quantitative estimate of drug-likeness (QED) is 0.427. The number of aliphatic hydroxyl groups is 1. The summed E-state index contributed by atoms with van der Waals surface area (Å²) in [5.41, 5.74) is 2.43. The Morgan fingerprint density at radius 3 is 2.57 bits per heavy atom. The summed E-state index contributed by atoms with van der Waals surface area (Å²) >= 11 is 0. The van der Waals surface area contributed by atoms with Crippen LogP contribution in [0.15, 0.2) is 54.6 Å². The molecule has 4 rings (SSSR count). The number of likely N-dealkylation sites (tertiary alicyclic amines) is 1. The summed E-state index contributed by atoms with van der Waals surface area (Å²) in [5, 5.41) is 12.6. The van der Waals surface area contributed by atoms with Crippen LogP contribution < -0.4 is 5.32 Å². The van der Waals surface area contributed by atoms with Crippen molar-refractivity contribution in [3.8, 4) is 0 Å². The summed E-state index contributed by atoms with van der Waals surface area (Å²) in [5.74, 6) is 0.00887. The van der Waals surface area contributed by atoms with Crippen LogP contribution in [0.2, 0.25) is 18.6 Å². The lowest BCUT2D eigenvalue weighted by Gasteiger charge is -2.31. The molecule has 2 aliphatic heterocycles. The number of aliphatic hydroxyl groups excluding tert-OH is 1. The van der Waals surface area contributed by atoms with E-state index in [9.17, 15) is 19.5 Å². The molecule has 2 amide bonds. The number of carbonyl (C=O) groups is 2. The number of carbonyl (C=O) groups excluding carboxylic acids is 2. The monoisotopic (exact) mass is 524 g/mol. The Bertz CT molecular complexity index is 1070. The van der Waals surface area contributed by atoms with Crippen molar-refractivity contribution in [1.82, 2.24) is 4.90 Å². The highest BCUT2D eigenvalue weighted by atomic mass is 28.4. The highest BCUT2D eigenvalue weighted by Crippen LogP contribution is 2.45. The lowest BCUT2D eigenvalue weighted by molar-refractivity contribution is -0.135. The minimum Gasteiger partial charge on any atom is -0.432 e. The van der Waals surface area contributed by atoms with Crippen LogP contribution in [-0.2, 0) is 16.0 Å². The third-order valence-electron chi connectivity index (χ3n) is 7.94. The third kappa shape index (κ3) is 6.68. The van der Waals surface area contributed by atoms with Crippen molar-refractivity contribution in [2.45, 2.75) is 75.9 Å². The van der Waals surface area contributed by atoms with Crippen molar-refractivity contribution >= 4 is 25.8 Å². The van der Waals surface area contributed by atoms with E-state index in [0.717, 1.165) is 36.9 Å². The Kier molecular flexibility index (Phi) is 8.85. The molecule has 5 atom stereocenters. The first kappa shape index (κ1) is 27.5. The van der Waals surface area contributed by atoms with Crippen molar-refractivity contribution < 1.29 is 24.2 Å². The zero-order valence-electron chi connectivity index (χ0n) is 22.1. The van der Waals surface area contributed by atoms with Gasteiger partial charge in [-0.1, -0.05) is 37.3 Å². The van der Waals surface area contributed by atoms with Crippen LogP contribution in [0.1, 0.15) is 48.5 Å². The number of ether oxygens (including phenoxy) is 1. The van der Waals surface area contributed by atoms with E-state index in [-0.39, 0.29) is 54.6 Å². The molecule has 0 radical (unpaired) electrons. The summed E-state index contributed by atoms with van der Waals surface area (Å²) in [6.45, 7) is 6.67. The molecule has 0 saturated carbocycles. The van der Waals surface area contributed by atoms with Gasteiger partial charge in [-0.3, -0.25) is 9.59 Å². The molecular formula is C29H40N2O5Si. The minimum atomic E-state index is -2.58. The standard InChI is InChI=1S/C29H40N2O5Si/c1-20-25(15-14-21-9-7-12-23(17-21)30-29(34)22-10-5-4-6-11-22)36-26(28(20)37(2,3)35)18-27(33)31-16-8-13-24(31)19-32/h4-7,9-12,17,20,24-26,28,32,35H,8,13-16,18-19H2,1-3H3,(H,30,34)/t20-,24+,25+,26-,28+/m1/s1. The second-order valence-corrected chi connectivity index (χ2v) is 15.1. The largest absolute Gasteiger partial charge is 0.432 e. The van der Waals surface area contributed by atoms with Gasteiger partial charge in [0.25, 0.3) is 5.91 Å². The van der Waals surface area contributed by atoms with Gasteiger partial charge in [-0.15, -0.1) is 0 Å². The van der Waals surface area contributed by atoms with Crippen LogP contribution in [0.4, 0.5) is 5.69 Å². The molecule has 2 aliphatic rings. The minimum absolute atomic E-state index is 0.00910. The first-order chi connectivity index (χ1) is 17.7. The van der Waals surface area contributed by atoms with E-state index in [1.807, 2.05) is 55.6 Å². The molecule has 2 saturated heterocycles. The van der Waals surface area contributed by atoms with Crippen LogP contribution in [0.3, 0.4) is 0 Å². The summed E-state index contributed by atoms with van der Waals surface area (Å²) < 4.78 is 6.48. The van der Waals surface area contributed by atoms with Gasteiger partial charge in [0.15, 0.2) is 8.32 Å². The highest BCUT2D eigenvalue weighted by molar-refractivity contribution is 6.71. The Morgan fingerprint density at radius 1 is 1.11 bits per heavy atom. The maximum absolute atomic E-state index is 13.1. The Labute approximate surface area is 221 Å². The lowest BCUT2D eigenvalue weighted by atomic mass is 9.95. The van der Waals surface area contributed by atoms with E-state index < -0.39 is 8.32 Å². The summed E-state index contributed by atoms with van der Waals surface area (Å²) in [4.78, 5) is 38.5. The van der Waals surface area contributed by atoms with Crippen LogP contribution >= 0.6 is 0 Å². The van der Waals surface area contributed by atoms with E-state index in [2.05, 4.69) is 12.2 Å². The molecule has 200 valence electrons. The van der Waals surface area contributed by atoms with Gasteiger partial charge in [0, 0.05) is 23.3 Å². The molecule has 37 heavy (non-hydrogen) atoms. The molecule has 0 aromatic heterocycles. The number of rotatable bonds is 9. The van der Waals surface area contributed by atoms with Gasteiger partial charge in [0.05, 0.1) is 31.3 Å². The third-order valence-corrected chi connectivity index (χ3v) is 10.5. The SMILES string of the molecule is C[C@H]1[C@H]([Si](C)(C)O)[C@@H](CC(=O)N2CCC[C@H]2CO)O[C@H]1CCc1cccc(NC(=O)c2ccccc2)c1. The van der Waals surface area contributed by atoms with Gasteiger partial charge in [-0.2, -0.15) is 0 Å². The van der Waals surface area contributed by atoms with Crippen LogP contribution in [0.25, 0.3) is 0 Å². The molecule has 2 aromatic rings. The summed E-state index contributed by atoms with van der Waals surface area (Å²) in [6, 6.07) is 16.9. The first-order valence-corrected chi connectivity index (χ1v) is 16.4. The van der Waals surface area contributed by atoms with Crippen LogP contribution in [-0.4, -0.2) is 66.3 Å². The molecule has 0 unspecified atom stereocenters. The van der Waals surface area contributed by atoms with Crippen LogP contribution in [0, 0.1) is 5.92 Å². The predicted octanol–water partition coefficient (Wildman–Crippen LogP) is 4.22. The van der Waals surface area contributed by atoms with E-state index in [0.29, 0.717) is 12.1 Å². The summed E-state index contributed by atoms with van der Waals surface area (Å²) in [6.07, 6.45) is 3.17. The number of amides is 2. The van der Waals surface area contributed by atoms with Crippen LogP contribution in [0.5, 0.6) is 0 Å². The second kappa shape index (κ2) is 11.9. The second-order valence-electron chi connectivity index (χ2n) is 11.1. The van der Waals surface area contributed by atoms with Crippen molar-refractivity contribution in [2.75, 3.05) is 18.5 Å². The zero-order valence-corrected chi connectivity index (χ0v) is 23.1. The molecule has 7 nitrogen and oxygen atoms in total. The Morgan fingerprint density at radius 2 is 1.86 bits per heavy atom. The average molecular weight is 525 g/mol. The van der Waals surface area contributed by atoms with Gasteiger partial charge in [0.2, 0.25) is 5.91 Å². The highest BCUT2D eigenvalue weighted by Gasteiger charge is 2.50. The number of nitrogens with zero attached hydrogens (tertiary/aromatic N) is 1. The molecule has 8 heteroatoms. The van der Waals surface area contributed by atoms with Crippen molar-refractivity contribution in [1.29, 1.82) is 0 Å². The molecular weight excluding hydrogens is 484 g/mol.